The van der Waals surface area contributed by atoms with E-state index < -0.39 is 0 Å². The molecular formula is C16H14N2OS2. The van der Waals surface area contributed by atoms with Crippen LogP contribution in [0.2, 0.25) is 0 Å². The minimum absolute atomic E-state index is 0.00131. The third-order valence-corrected chi connectivity index (χ3v) is 5.91. The number of hydrogen-bond acceptors (Lipinski definition) is 4. The van der Waals surface area contributed by atoms with E-state index in [1.54, 1.807) is 22.7 Å². The van der Waals surface area contributed by atoms with Gasteiger partial charge >= 0.3 is 0 Å². The Morgan fingerprint density at radius 2 is 2.14 bits per heavy atom. The fraction of sp³-hybridized carbons (Fsp3) is 0.250. The van der Waals surface area contributed by atoms with Gasteiger partial charge < -0.3 is 4.98 Å². The summed E-state index contributed by atoms with van der Waals surface area (Å²) in [5, 5.41) is 0.816. The summed E-state index contributed by atoms with van der Waals surface area (Å²) in [5.74, 6) is 0.637. The number of thiophene rings is 2. The predicted octanol–water partition coefficient (Wildman–Crippen LogP) is 4.01. The Labute approximate surface area is 130 Å². The largest absolute Gasteiger partial charge is 0.306 e. The molecule has 21 heavy (non-hydrogen) atoms. The molecule has 0 bridgehead atoms. The minimum atomic E-state index is 0.00131. The molecule has 3 aromatic heterocycles. The van der Waals surface area contributed by atoms with Crippen LogP contribution in [0.15, 0.2) is 16.9 Å². The molecule has 0 aromatic carbocycles. The predicted molar refractivity (Wildman–Crippen MR) is 90.2 cm³/mol. The Morgan fingerprint density at radius 1 is 1.24 bits per heavy atom. The molecule has 1 aliphatic rings. The van der Waals surface area contributed by atoms with E-state index in [-0.39, 0.29) is 5.56 Å². The zero-order chi connectivity index (χ0) is 14.4. The third-order valence-electron chi connectivity index (χ3n) is 3.76. The van der Waals surface area contributed by atoms with Crippen LogP contribution < -0.4 is 5.56 Å². The molecule has 0 saturated heterocycles. The standard InChI is InChI=1S/C16H14N2OS2/c1-9-5-6-10(20-9)7-8-13-17-15(19)14-11-3-2-4-12(11)21-16(14)18-13/h5-8H,2-4H2,1H3,(H,17,18,19)/b8-7+. The van der Waals surface area contributed by atoms with Crippen LogP contribution in [0.25, 0.3) is 22.4 Å². The highest BCUT2D eigenvalue weighted by atomic mass is 32.1. The van der Waals surface area contributed by atoms with E-state index in [1.165, 1.54) is 20.2 Å². The van der Waals surface area contributed by atoms with Gasteiger partial charge in [0.25, 0.3) is 5.56 Å². The Kier molecular flexibility index (Phi) is 3.05. The maximum absolute atomic E-state index is 12.3. The van der Waals surface area contributed by atoms with Crippen molar-refractivity contribution in [1.29, 1.82) is 0 Å². The lowest BCUT2D eigenvalue weighted by atomic mass is 10.2. The van der Waals surface area contributed by atoms with Crippen molar-refractivity contribution in [1.82, 2.24) is 9.97 Å². The number of fused-ring (bicyclic) bond motifs is 3. The summed E-state index contributed by atoms with van der Waals surface area (Å²) in [6, 6.07) is 4.17. The number of hydrogen-bond donors (Lipinski definition) is 1. The first-order valence-corrected chi connectivity index (χ1v) is 8.63. The van der Waals surface area contributed by atoms with E-state index in [1.807, 2.05) is 12.2 Å². The number of aromatic nitrogens is 2. The minimum Gasteiger partial charge on any atom is -0.306 e. The van der Waals surface area contributed by atoms with E-state index in [9.17, 15) is 4.79 Å². The lowest BCUT2D eigenvalue weighted by Crippen LogP contribution is -2.09. The van der Waals surface area contributed by atoms with E-state index in [2.05, 4.69) is 29.0 Å². The van der Waals surface area contributed by atoms with E-state index in [4.69, 9.17) is 0 Å². The van der Waals surface area contributed by atoms with Crippen LogP contribution in [0.4, 0.5) is 0 Å². The van der Waals surface area contributed by atoms with Gasteiger partial charge in [0, 0.05) is 14.6 Å². The number of rotatable bonds is 2. The molecule has 0 spiro atoms. The van der Waals surface area contributed by atoms with Crippen molar-refractivity contribution in [3.05, 3.63) is 48.5 Å². The van der Waals surface area contributed by atoms with Crippen molar-refractivity contribution in [3.63, 3.8) is 0 Å². The average Bonchev–Trinajstić information content (AvgIpc) is 3.11. The van der Waals surface area contributed by atoms with Crippen molar-refractivity contribution < 1.29 is 0 Å². The number of nitrogens with one attached hydrogen (secondary N) is 1. The number of H-pyrrole nitrogens is 1. The first kappa shape index (κ1) is 13.0. The summed E-state index contributed by atoms with van der Waals surface area (Å²) in [5.41, 5.74) is 1.23. The normalized spacial score (nSPS) is 14.3. The zero-order valence-corrected chi connectivity index (χ0v) is 13.2. The van der Waals surface area contributed by atoms with Gasteiger partial charge in [-0.3, -0.25) is 4.79 Å². The summed E-state index contributed by atoms with van der Waals surface area (Å²) in [6.07, 6.45) is 7.16. The Hall–Kier alpha value is -1.72. The molecule has 3 nitrogen and oxygen atoms in total. The summed E-state index contributed by atoms with van der Waals surface area (Å²) in [6.45, 7) is 2.08. The van der Waals surface area contributed by atoms with Crippen LogP contribution in [0.3, 0.4) is 0 Å². The fourth-order valence-corrected chi connectivity index (χ4v) is 4.85. The number of aryl methyl sites for hydroxylation is 3. The lowest BCUT2D eigenvalue weighted by Gasteiger charge is -1.96. The van der Waals surface area contributed by atoms with Crippen molar-refractivity contribution in [2.24, 2.45) is 0 Å². The van der Waals surface area contributed by atoms with Crippen molar-refractivity contribution in [2.75, 3.05) is 0 Å². The second kappa shape index (κ2) is 4.93. The number of nitrogens with zero attached hydrogens (tertiary/aromatic N) is 1. The van der Waals surface area contributed by atoms with Gasteiger partial charge in [-0.1, -0.05) is 0 Å². The highest BCUT2D eigenvalue weighted by Gasteiger charge is 2.20. The van der Waals surface area contributed by atoms with Crippen molar-refractivity contribution in [2.45, 2.75) is 26.2 Å². The maximum atomic E-state index is 12.3. The van der Waals surface area contributed by atoms with Gasteiger partial charge in [0.15, 0.2) is 0 Å². The summed E-state index contributed by atoms with van der Waals surface area (Å²) in [4.78, 5) is 24.5. The molecule has 4 rings (SSSR count). The molecule has 0 amide bonds. The highest BCUT2D eigenvalue weighted by molar-refractivity contribution is 7.18. The SMILES string of the molecule is Cc1ccc(/C=C/c2nc3sc4c(c3c(=O)[nH]2)CCC4)s1. The fourth-order valence-electron chi connectivity index (χ4n) is 2.80. The van der Waals surface area contributed by atoms with E-state index in [0.29, 0.717) is 5.82 Å². The second-order valence-corrected chi connectivity index (χ2v) is 7.67. The molecule has 3 heterocycles. The molecule has 0 fully saturated rings. The molecule has 5 heteroatoms. The molecule has 0 unspecified atom stereocenters. The second-order valence-electron chi connectivity index (χ2n) is 5.27. The Balaban J connectivity index is 1.77. The number of aromatic amines is 1. The van der Waals surface area contributed by atoms with Gasteiger partial charge in [-0.15, -0.1) is 22.7 Å². The van der Waals surface area contributed by atoms with E-state index >= 15 is 0 Å². The summed E-state index contributed by atoms with van der Waals surface area (Å²) in [7, 11) is 0. The van der Waals surface area contributed by atoms with Gasteiger partial charge in [0.2, 0.25) is 0 Å². The lowest BCUT2D eigenvalue weighted by molar-refractivity contribution is 0.916. The third kappa shape index (κ3) is 2.26. The van der Waals surface area contributed by atoms with Gasteiger partial charge in [-0.2, -0.15) is 0 Å². The molecular weight excluding hydrogens is 300 g/mol. The van der Waals surface area contributed by atoms with Crippen molar-refractivity contribution >= 4 is 45.0 Å². The van der Waals surface area contributed by atoms with Crippen LogP contribution in [0.1, 0.15) is 32.4 Å². The average molecular weight is 314 g/mol. The smallest absolute Gasteiger partial charge is 0.260 e. The zero-order valence-electron chi connectivity index (χ0n) is 11.6. The van der Waals surface area contributed by atoms with Gasteiger partial charge in [0.05, 0.1) is 5.39 Å². The van der Waals surface area contributed by atoms with Gasteiger partial charge in [-0.05, 0) is 56.0 Å². The molecule has 0 atom stereocenters. The molecule has 1 aliphatic carbocycles. The topological polar surface area (TPSA) is 45.8 Å². The quantitative estimate of drug-likeness (QED) is 0.776. The Morgan fingerprint density at radius 3 is 2.95 bits per heavy atom. The van der Waals surface area contributed by atoms with Gasteiger partial charge in [0.1, 0.15) is 10.7 Å². The molecule has 106 valence electrons. The van der Waals surface area contributed by atoms with Crippen LogP contribution >= 0.6 is 22.7 Å². The molecule has 0 aliphatic heterocycles. The molecule has 3 aromatic rings. The van der Waals surface area contributed by atoms with Gasteiger partial charge in [-0.25, -0.2) is 4.98 Å². The van der Waals surface area contributed by atoms with Crippen LogP contribution in [-0.2, 0) is 12.8 Å². The Bertz CT molecular complexity index is 914. The first-order valence-electron chi connectivity index (χ1n) is 7.00. The molecule has 0 saturated carbocycles. The monoisotopic (exact) mass is 314 g/mol. The summed E-state index contributed by atoms with van der Waals surface area (Å²) < 4.78 is 0. The maximum Gasteiger partial charge on any atom is 0.260 e. The van der Waals surface area contributed by atoms with Crippen molar-refractivity contribution in [3.8, 4) is 0 Å². The van der Waals surface area contributed by atoms with Crippen LogP contribution in [-0.4, -0.2) is 9.97 Å². The highest BCUT2D eigenvalue weighted by Crippen LogP contribution is 2.34. The van der Waals surface area contributed by atoms with E-state index in [0.717, 1.165) is 29.5 Å². The summed E-state index contributed by atoms with van der Waals surface area (Å²) >= 11 is 3.41. The first-order chi connectivity index (χ1) is 10.2. The molecule has 0 radical (unpaired) electrons. The van der Waals surface area contributed by atoms with Crippen LogP contribution in [0.5, 0.6) is 0 Å². The van der Waals surface area contributed by atoms with Crippen LogP contribution in [0, 0.1) is 6.92 Å². The molecule has 1 N–H and O–H groups in total.